The molecule has 0 aliphatic heterocycles. The lowest BCUT2D eigenvalue weighted by Gasteiger charge is -2.21. The number of hydrogen-bond donors (Lipinski definition) is 0. The fourth-order valence-electron chi connectivity index (χ4n) is 3.83. The van der Waals surface area contributed by atoms with Gasteiger partial charge in [-0.05, 0) is 88.2 Å². The predicted molar refractivity (Wildman–Crippen MR) is 126 cm³/mol. The summed E-state index contributed by atoms with van der Waals surface area (Å²) in [4.78, 5) is 7.42. The molecule has 0 unspecified atom stereocenters. The zero-order valence-corrected chi connectivity index (χ0v) is 19.2. The first-order valence-electron chi connectivity index (χ1n) is 11.5. The molecule has 0 aliphatic rings. The Kier molecular flexibility index (Phi) is 8.32. The maximum atomic E-state index is 6.01. The predicted octanol–water partition coefficient (Wildman–Crippen LogP) is 6.29. The molecule has 162 valence electrons. The van der Waals surface area contributed by atoms with Crippen LogP contribution in [-0.2, 0) is 0 Å². The van der Waals surface area contributed by atoms with E-state index in [0.29, 0.717) is 0 Å². The smallest absolute Gasteiger partial charge is 0.137 e. The molecule has 4 heteroatoms. The van der Waals surface area contributed by atoms with E-state index in [1.54, 1.807) is 0 Å². The van der Waals surface area contributed by atoms with Crippen molar-refractivity contribution >= 4 is 5.65 Å². The van der Waals surface area contributed by atoms with Crippen molar-refractivity contribution in [2.24, 2.45) is 0 Å². The Morgan fingerprint density at radius 3 is 2.23 bits per heavy atom. The summed E-state index contributed by atoms with van der Waals surface area (Å²) >= 11 is 0. The van der Waals surface area contributed by atoms with Crippen molar-refractivity contribution in [1.82, 2.24) is 14.3 Å². The summed E-state index contributed by atoms with van der Waals surface area (Å²) < 4.78 is 8.16. The topological polar surface area (TPSA) is 29.8 Å². The van der Waals surface area contributed by atoms with Gasteiger partial charge in [-0.3, -0.25) is 0 Å². The number of rotatable bonds is 12. The number of aromatic nitrogens is 2. The van der Waals surface area contributed by atoms with E-state index in [4.69, 9.17) is 9.72 Å². The summed E-state index contributed by atoms with van der Waals surface area (Å²) in [6.07, 6.45) is 8.26. The van der Waals surface area contributed by atoms with Crippen molar-refractivity contribution < 1.29 is 4.74 Å². The highest BCUT2D eigenvalue weighted by Crippen LogP contribution is 2.26. The number of ether oxygens (including phenoxy) is 1. The molecule has 0 saturated carbocycles. The summed E-state index contributed by atoms with van der Waals surface area (Å²) in [5, 5.41) is 0. The van der Waals surface area contributed by atoms with Gasteiger partial charge in [0, 0.05) is 24.0 Å². The first-order valence-corrected chi connectivity index (χ1v) is 11.5. The summed E-state index contributed by atoms with van der Waals surface area (Å²) in [5.74, 6) is 0.935. The van der Waals surface area contributed by atoms with Crippen LogP contribution >= 0.6 is 0 Å². The lowest BCUT2D eigenvalue weighted by Crippen LogP contribution is -2.28. The number of pyridine rings is 1. The highest BCUT2D eigenvalue weighted by atomic mass is 16.5. The Morgan fingerprint density at radius 1 is 0.900 bits per heavy atom. The van der Waals surface area contributed by atoms with Crippen LogP contribution in [0.4, 0.5) is 0 Å². The van der Waals surface area contributed by atoms with Gasteiger partial charge in [0.2, 0.25) is 0 Å². The van der Waals surface area contributed by atoms with Crippen LogP contribution in [0.3, 0.4) is 0 Å². The van der Waals surface area contributed by atoms with Crippen molar-refractivity contribution in [2.45, 2.75) is 59.8 Å². The fourth-order valence-corrected chi connectivity index (χ4v) is 3.83. The van der Waals surface area contributed by atoms with E-state index >= 15 is 0 Å². The third-order valence-electron chi connectivity index (χ3n) is 5.69. The van der Waals surface area contributed by atoms with Gasteiger partial charge in [-0.1, -0.05) is 26.7 Å². The van der Waals surface area contributed by atoms with Gasteiger partial charge in [0.15, 0.2) is 0 Å². The van der Waals surface area contributed by atoms with E-state index in [-0.39, 0.29) is 0 Å². The van der Waals surface area contributed by atoms with E-state index in [2.05, 4.69) is 79.6 Å². The fraction of sp³-hybridized carbons (Fsp3) is 0.500. The van der Waals surface area contributed by atoms with Crippen LogP contribution in [0.25, 0.3) is 16.9 Å². The Morgan fingerprint density at radius 2 is 1.57 bits per heavy atom. The van der Waals surface area contributed by atoms with Crippen LogP contribution in [-0.4, -0.2) is 40.5 Å². The summed E-state index contributed by atoms with van der Waals surface area (Å²) in [6.45, 7) is 13.1. The average molecular weight is 408 g/mol. The Balaban J connectivity index is 1.54. The lowest BCUT2D eigenvalue weighted by molar-refractivity contribution is 0.229. The third kappa shape index (κ3) is 5.85. The molecule has 0 amide bonds. The van der Waals surface area contributed by atoms with E-state index in [1.165, 1.54) is 44.3 Å². The van der Waals surface area contributed by atoms with Gasteiger partial charge in [0.05, 0.1) is 12.3 Å². The van der Waals surface area contributed by atoms with Gasteiger partial charge >= 0.3 is 0 Å². The normalized spacial score (nSPS) is 11.5. The van der Waals surface area contributed by atoms with Crippen LogP contribution in [0.2, 0.25) is 0 Å². The third-order valence-corrected chi connectivity index (χ3v) is 5.69. The van der Waals surface area contributed by atoms with Crippen LogP contribution in [0.15, 0.2) is 42.6 Å². The Bertz CT molecular complexity index is 906. The minimum absolute atomic E-state index is 0.765. The molecule has 0 atom stereocenters. The van der Waals surface area contributed by atoms with Gasteiger partial charge in [0.25, 0.3) is 0 Å². The number of imidazole rings is 1. The molecule has 0 aliphatic carbocycles. The number of fused-ring (bicyclic) bond motifs is 1. The van der Waals surface area contributed by atoms with E-state index < -0.39 is 0 Å². The molecular formula is C26H37N3O. The molecule has 30 heavy (non-hydrogen) atoms. The summed E-state index contributed by atoms with van der Waals surface area (Å²) in [7, 11) is 0. The number of unbranched alkanes of at least 4 members (excludes halogenated alkanes) is 2. The molecule has 3 rings (SSSR count). The van der Waals surface area contributed by atoms with E-state index in [0.717, 1.165) is 47.9 Å². The monoisotopic (exact) mass is 407 g/mol. The zero-order valence-electron chi connectivity index (χ0n) is 19.2. The van der Waals surface area contributed by atoms with Crippen molar-refractivity contribution in [3.05, 3.63) is 53.9 Å². The lowest BCUT2D eigenvalue weighted by atomic mass is 10.1. The molecule has 0 bridgehead atoms. The zero-order chi connectivity index (χ0) is 21.3. The molecule has 2 heterocycles. The van der Waals surface area contributed by atoms with Gasteiger partial charge in [0.1, 0.15) is 11.4 Å². The second-order valence-corrected chi connectivity index (χ2v) is 8.25. The van der Waals surface area contributed by atoms with Crippen LogP contribution in [0.1, 0.15) is 57.2 Å². The van der Waals surface area contributed by atoms with Crippen molar-refractivity contribution in [3.8, 4) is 17.0 Å². The molecule has 1 aromatic carbocycles. The number of nitrogens with zero attached hydrogens (tertiary/aromatic N) is 3. The van der Waals surface area contributed by atoms with Gasteiger partial charge in [-0.2, -0.15) is 0 Å². The summed E-state index contributed by atoms with van der Waals surface area (Å²) in [5.41, 5.74) is 5.56. The molecule has 4 nitrogen and oxygen atoms in total. The SMILES string of the molecule is CCCCN(CCCC)CCCOc1ccc(-c2nc3cc(C)ccn3c2C)cc1. The highest BCUT2D eigenvalue weighted by molar-refractivity contribution is 5.67. The van der Waals surface area contributed by atoms with Crippen molar-refractivity contribution in [1.29, 1.82) is 0 Å². The first kappa shape index (κ1) is 22.4. The molecule has 0 saturated heterocycles. The molecule has 2 aromatic heterocycles. The maximum Gasteiger partial charge on any atom is 0.137 e. The maximum absolute atomic E-state index is 6.01. The van der Waals surface area contributed by atoms with E-state index in [1.807, 2.05) is 0 Å². The van der Waals surface area contributed by atoms with Crippen LogP contribution in [0.5, 0.6) is 5.75 Å². The number of hydrogen-bond acceptors (Lipinski definition) is 3. The number of benzene rings is 1. The molecule has 3 aromatic rings. The molecule has 0 fully saturated rings. The molecular weight excluding hydrogens is 370 g/mol. The molecule has 0 radical (unpaired) electrons. The van der Waals surface area contributed by atoms with Crippen molar-refractivity contribution in [2.75, 3.05) is 26.2 Å². The van der Waals surface area contributed by atoms with Gasteiger partial charge in [-0.25, -0.2) is 4.98 Å². The quantitative estimate of drug-likeness (QED) is 0.331. The summed E-state index contributed by atoms with van der Waals surface area (Å²) in [6, 6.07) is 12.6. The van der Waals surface area contributed by atoms with Gasteiger partial charge in [-0.15, -0.1) is 0 Å². The van der Waals surface area contributed by atoms with E-state index in [9.17, 15) is 0 Å². The van der Waals surface area contributed by atoms with Crippen LogP contribution < -0.4 is 4.74 Å². The second-order valence-electron chi connectivity index (χ2n) is 8.25. The first-order chi connectivity index (χ1) is 14.6. The Hall–Kier alpha value is -2.33. The van der Waals surface area contributed by atoms with Crippen molar-refractivity contribution in [3.63, 3.8) is 0 Å². The number of aryl methyl sites for hydroxylation is 2. The standard InChI is InChI=1S/C26H37N3O/c1-5-7-15-28(16-8-6-2)17-9-19-30-24-12-10-23(11-13-24)26-22(4)29-18-14-21(3)20-25(29)27-26/h10-14,18,20H,5-9,15-17,19H2,1-4H3. The molecule has 0 spiro atoms. The average Bonchev–Trinajstić information content (AvgIpc) is 3.08. The minimum atomic E-state index is 0.765. The largest absolute Gasteiger partial charge is 0.494 e. The van der Waals surface area contributed by atoms with Crippen LogP contribution in [0, 0.1) is 13.8 Å². The Labute approximate surface area is 181 Å². The second kappa shape index (κ2) is 11.2. The van der Waals surface area contributed by atoms with Gasteiger partial charge < -0.3 is 14.0 Å². The minimum Gasteiger partial charge on any atom is -0.494 e. The molecule has 0 N–H and O–H groups in total. The highest BCUT2D eigenvalue weighted by Gasteiger charge is 2.10.